The Morgan fingerprint density at radius 2 is 2.00 bits per heavy atom. The van der Waals surface area contributed by atoms with Gasteiger partial charge in [0.1, 0.15) is 0 Å². The van der Waals surface area contributed by atoms with Crippen LogP contribution in [0.1, 0.15) is 42.5 Å². The maximum Gasteiger partial charge on any atom is 0.0297 e. The van der Waals surface area contributed by atoms with Crippen molar-refractivity contribution < 1.29 is 0 Å². The third kappa shape index (κ3) is 2.16. The van der Waals surface area contributed by atoms with Gasteiger partial charge in [-0.2, -0.15) is 0 Å². The predicted molar refractivity (Wildman–Crippen MR) is 60.5 cm³/mol. The molecule has 0 aliphatic heterocycles. The molecule has 2 rings (SSSR count). The summed E-state index contributed by atoms with van der Waals surface area (Å²) in [6, 6.07) is 7.99. The number of benzene rings is 1. The van der Waals surface area contributed by atoms with Gasteiger partial charge in [0.25, 0.3) is 0 Å². The average molecular weight is 189 g/mol. The summed E-state index contributed by atoms with van der Waals surface area (Å²) >= 11 is 0. The van der Waals surface area contributed by atoms with E-state index in [9.17, 15) is 0 Å². The second-order valence-electron chi connectivity index (χ2n) is 4.52. The molecular formula is C13H19N. The SMILES string of the molecule is Cc1ccc(C)c(C(C)NC2CC2)c1. The summed E-state index contributed by atoms with van der Waals surface area (Å²) in [5.74, 6) is 0. The molecule has 0 heterocycles. The van der Waals surface area contributed by atoms with Gasteiger partial charge in [-0.15, -0.1) is 0 Å². The van der Waals surface area contributed by atoms with E-state index in [1.54, 1.807) is 0 Å². The highest BCUT2D eigenvalue weighted by molar-refractivity contribution is 5.32. The first-order valence-corrected chi connectivity index (χ1v) is 5.50. The fourth-order valence-electron chi connectivity index (χ4n) is 1.92. The van der Waals surface area contributed by atoms with Crippen molar-refractivity contribution in [3.05, 3.63) is 34.9 Å². The molecule has 0 bridgehead atoms. The van der Waals surface area contributed by atoms with Crippen LogP contribution in [-0.2, 0) is 0 Å². The molecule has 14 heavy (non-hydrogen) atoms. The van der Waals surface area contributed by atoms with Crippen LogP contribution in [0.4, 0.5) is 0 Å². The van der Waals surface area contributed by atoms with Crippen molar-refractivity contribution >= 4 is 0 Å². The normalized spacial score (nSPS) is 18.2. The summed E-state index contributed by atoms with van der Waals surface area (Å²) in [6.45, 7) is 6.62. The molecule has 1 aromatic rings. The molecule has 1 heteroatoms. The highest BCUT2D eigenvalue weighted by Gasteiger charge is 2.23. The monoisotopic (exact) mass is 189 g/mol. The summed E-state index contributed by atoms with van der Waals surface area (Å²) in [6.07, 6.45) is 2.71. The molecule has 1 fully saturated rings. The molecule has 0 radical (unpaired) electrons. The Bertz CT molecular complexity index is 326. The second-order valence-corrected chi connectivity index (χ2v) is 4.52. The van der Waals surface area contributed by atoms with Gasteiger partial charge in [-0.3, -0.25) is 0 Å². The van der Waals surface area contributed by atoms with E-state index < -0.39 is 0 Å². The van der Waals surface area contributed by atoms with Crippen molar-refractivity contribution in [1.29, 1.82) is 0 Å². The molecule has 1 atom stereocenters. The van der Waals surface area contributed by atoms with Crippen LogP contribution < -0.4 is 5.32 Å². The van der Waals surface area contributed by atoms with Crippen molar-refractivity contribution in [2.75, 3.05) is 0 Å². The van der Waals surface area contributed by atoms with Gasteiger partial charge in [-0.25, -0.2) is 0 Å². The average Bonchev–Trinajstić information content (AvgIpc) is 2.93. The van der Waals surface area contributed by atoms with Crippen molar-refractivity contribution in [3.63, 3.8) is 0 Å². The Morgan fingerprint density at radius 1 is 1.29 bits per heavy atom. The van der Waals surface area contributed by atoms with Crippen LogP contribution in [0.5, 0.6) is 0 Å². The Kier molecular flexibility index (Phi) is 2.60. The minimum atomic E-state index is 0.502. The zero-order valence-corrected chi connectivity index (χ0v) is 9.30. The predicted octanol–water partition coefficient (Wildman–Crippen LogP) is 3.12. The van der Waals surface area contributed by atoms with E-state index in [0.29, 0.717) is 6.04 Å². The van der Waals surface area contributed by atoms with Crippen LogP contribution in [-0.4, -0.2) is 6.04 Å². The van der Waals surface area contributed by atoms with Crippen LogP contribution in [0.25, 0.3) is 0 Å². The molecule has 0 spiro atoms. The van der Waals surface area contributed by atoms with E-state index in [4.69, 9.17) is 0 Å². The van der Waals surface area contributed by atoms with Crippen LogP contribution >= 0.6 is 0 Å². The first-order chi connectivity index (χ1) is 6.66. The van der Waals surface area contributed by atoms with E-state index in [2.05, 4.69) is 44.3 Å². The van der Waals surface area contributed by atoms with Crippen molar-refractivity contribution in [2.45, 2.75) is 45.7 Å². The molecule has 0 amide bonds. The third-order valence-electron chi connectivity index (χ3n) is 2.96. The van der Waals surface area contributed by atoms with Crippen molar-refractivity contribution in [3.8, 4) is 0 Å². The van der Waals surface area contributed by atoms with E-state index in [1.807, 2.05) is 0 Å². The molecular weight excluding hydrogens is 170 g/mol. The standard InChI is InChI=1S/C13H19N/c1-9-4-5-10(2)13(8-9)11(3)14-12-6-7-12/h4-5,8,11-12,14H,6-7H2,1-3H3. The summed E-state index contributed by atoms with van der Waals surface area (Å²) in [4.78, 5) is 0. The minimum absolute atomic E-state index is 0.502. The van der Waals surface area contributed by atoms with Crippen LogP contribution in [0, 0.1) is 13.8 Å². The molecule has 0 aromatic heterocycles. The van der Waals surface area contributed by atoms with Gasteiger partial charge in [0, 0.05) is 12.1 Å². The lowest BCUT2D eigenvalue weighted by Crippen LogP contribution is -2.21. The van der Waals surface area contributed by atoms with Crippen molar-refractivity contribution in [2.24, 2.45) is 0 Å². The van der Waals surface area contributed by atoms with Gasteiger partial charge in [-0.1, -0.05) is 23.8 Å². The highest BCUT2D eigenvalue weighted by atomic mass is 15.0. The number of hydrogen-bond donors (Lipinski definition) is 1. The fourth-order valence-corrected chi connectivity index (χ4v) is 1.92. The summed E-state index contributed by atoms with van der Waals surface area (Å²) in [5, 5.41) is 3.64. The topological polar surface area (TPSA) is 12.0 Å². The molecule has 1 aromatic carbocycles. The second kappa shape index (κ2) is 3.74. The van der Waals surface area contributed by atoms with E-state index >= 15 is 0 Å². The van der Waals surface area contributed by atoms with Gasteiger partial charge in [0.2, 0.25) is 0 Å². The first-order valence-electron chi connectivity index (χ1n) is 5.50. The Labute approximate surface area is 86.5 Å². The molecule has 0 saturated heterocycles. The molecule has 1 aliphatic rings. The van der Waals surface area contributed by atoms with Gasteiger partial charge >= 0.3 is 0 Å². The maximum absolute atomic E-state index is 3.64. The molecule has 1 unspecified atom stereocenters. The van der Waals surface area contributed by atoms with E-state index in [1.165, 1.54) is 29.5 Å². The zero-order valence-electron chi connectivity index (χ0n) is 9.30. The van der Waals surface area contributed by atoms with Gasteiger partial charge < -0.3 is 5.32 Å². The Balaban J connectivity index is 2.15. The number of rotatable bonds is 3. The van der Waals surface area contributed by atoms with E-state index in [-0.39, 0.29) is 0 Å². The Morgan fingerprint density at radius 3 is 2.64 bits per heavy atom. The lowest BCUT2D eigenvalue weighted by molar-refractivity contribution is 0.568. The van der Waals surface area contributed by atoms with Crippen LogP contribution in [0.15, 0.2) is 18.2 Å². The molecule has 76 valence electrons. The van der Waals surface area contributed by atoms with Crippen LogP contribution in [0.2, 0.25) is 0 Å². The molecule has 1 N–H and O–H groups in total. The molecule has 1 saturated carbocycles. The quantitative estimate of drug-likeness (QED) is 0.770. The largest absolute Gasteiger partial charge is 0.307 e. The summed E-state index contributed by atoms with van der Waals surface area (Å²) in [7, 11) is 0. The number of aryl methyl sites for hydroxylation is 2. The summed E-state index contributed by atoms with van der Waals surface area (Å²) in [5.41, 5.74) is 4.21. The van der Waals surface area contributed by atoms with Gasteiger partial charge in [0.05, 0.1) is 0 Å². The Hall–Kier alpha value is -0.820. The minimum Gasteiger partial charge on any atom is -0.307 e. The summed E-state index contributed by atoms with van der Waals surface area (Å²) < 4.78 is 0. The maximum atomic E-state index is 3.64. The lowest BCUT2D eigenvalue weighted by atomic mass is 10.00. The van der Waals surface area contributed by atoms with Crippen LogP contribution in [0.3, 0.4) is 0 Å². The number of nitrogens with one attached hydrogen (secondary N) is 1. The van der Waals surface area contributed by atoms with E-state index in [0.717, 1.165) is 6.04 Å². The van der Waals surface area contributed by atoms with Gasteiger partial charge in [0.15, 0.2) is 0 Å². The van der Waals surface area contributed by atoms with Crippen molar-refractivity contribution in [1.82, 2.24) is 5.32 Å². The third-order valence-corrected chi connectivity index (χ3v) is 2.96. The first kappa shape index (κ1) is 9.72. The fraction of sp³-hybridized carbons (Fsp3) is 0.538. The molecule has 1 aliphatic carbocycles. The zero-order chi connectivity index (χ0) is 10.1. The molecule has 1 nitrogen and oxygen atoms in total. The number of hydrogen-bond acceptors (Lipinski definition) is 1. The lowest BCUT2D eigenvalue weighted by Gasteiger charge is -2.16. The van der Waals surface area contributed by atoms with Gasteiger partial charge in [-0.05, 0) is 44.7 Å². The smallest absolute Gasteiger partial charge is 0.0297 e. The highest BCUT2D eigenvalue weighted by Crippen LogP contribution is 2.25.